The first-order chi connectivity index (χ1) is 25.3. The fourth-order valence-electron chi connectivity index (χ4n) is 6.59. The molecular weight excluding hydrogens is 658 g/mol. The predicted octanol–water partition coefficient (Wildman–Crippen LogP) is 8.11. The van der Waals surface area contributed by atoms with E-state index < -0.39 is 49.5 Å². The number of ether oxygens (including phenoxy) is 2. The SMILES string of the molecule is CC/C=C\C/C=C\C/C=C\CCCCCCCC(=O)NC(COC1OC(CO)C(O)C(O)C1O)C(O)CCCCCCCCCCCCCCCC. The lowest BCUT2D eigenvalue weighted by Crippen LogP contribution is -2.60. The summed E-state index contributed by atoms with van der Waals surface area (Å²) in [4.78, 5) is 12.9. The topological polar surface area (TPSA) is 149 Å². The Hall–Kier alpha value is -1.59. The molecule has 304 valence electrons. The second kappa shape index (κ2) is 33.9. The van der Waals surface area contributed by atoms with Crippen LogP contribution < -0.4 is 5.32 Å². The third kappa shape index (κ3) is 24.7. The summed E-state index contributed by atoms with van der Waals surface area (Å²) in [5, 5.41) is 54.2. The Morgan fingerprint density at radius 1 is 0.673 bits per heavy atom. The molecular formula is C43H79NO8. The minimum absolute atomic E-state index is 0.145. The van der Waals surface area contributed by atoms with Gasteiger partial charge in [-0.05, 0) is 44.9 Å². The first kappa shape index (κ1) is 48.4. The molecule has 1 aliphatic heterocycles. The lowest BCUT2D eigenvalue weighted by atomic mass is 9.99. The molecule has 0 aromatic rings. The van der Waals surface area contributed by atoms with Gasteiger partial charge < -0.3 is 40.3 Å². The van der Waals surface area contributed by atoms with Crippen molar-refractivity contribution in [2.75, 3.05) is 13.2 Å². The highest BCUT2D eigenvalue weighted by Gasteiger charge is 2.44. The molecule has 0 aliphatic carbocycles. The second-order valence-electron chi connectivity index (χ2n) is 14.8. The average molecular weight is 738 g/mol. The summed E-state index contributed by atoms with van der Waals surface area (Å²) in [6.07, 6.45) is 32.9. The number of hydrogen-bond donors (Lipinski definition) is 6. The van der Waals surface area contributed by atoms with Gasteiger partial charge in [0.05, 0.1) is 25.4 Å². The van der Waals surface area contributed by atoms with Crippen LogP contribution in [-0.4, -0.2) is 87.5 Å². The van der Waals surface area contributed by atoms with Gasteiger partial charge in [0.25, 0.3) is 0 Å². The quantitative estimate of drug-likeness (QED) is 0.0287. The first-order valence-corrected chi connectivity index (χ1v) is 21.2. The molecule has 1 heterocycles. The van der Waals surface area contributed by atoms with E-state index in [1.165, 1.54) is 70.6 Å². The molecule has 7 unspecified atom stereocenters. The van der Waals surface area contributed by atoms with Crippen LogP contribution in [0.4, 0.5) is 0 Å². The highest BCUT2D eigenvalue weighted by molar-refractivity contribution is 5.76. The third-order valence-corrected chi connectivity index (χ3v) is 10.0. The number of allylic oxidation sites excluding steroid dienone is 6. The molecule has 6 N–H and O–H groups in total. The number of amides is 1. The van der Waals surface area contributed by atoms with E-state index in [0.29, 0.717) is 12.8 Å². The van der Waals surface area contributed by atoms with Gasteiger partial charge in [0.1, 0.15) is 24.4 Å². The highest BCUT2D eigenvalue weighted by atomic mass is 16.7. The van der Waals surface area contributed by atoms with Crippen molar-refractivity contribution in [3.05, 3.63) is 36.5 Å². The average Bonchev–Trinajstić information content (AvgIpc) is 3.14. The van der Waals surface area contributed by atoms with Crippen molar-refractivity contribution in [2.45, 2.75) is 217 Å². The molecule has 1 rings (SSSR count). The van der Waals surface area contributed by atoms with E-state index in [2.05, 4.69) is 55.6 Å². The number of unbranched alkanes of at least 4 members (excludes halogenated alkanes) is 18. The van der Waals surface area contributed by atoms with Crippen molar-refractivity contribution in [1.82, 2.24) is 5.32 Å². The molecule has 0 aromatic carbocycles. The van der Waals surface area contributed by atoms with Crippen LogP contribution in [0.25, 0.3) is 0 Å². The zero-order chi connectivity index (χ0) is 38.1. The molecule has 0 spiro atoms. The maximum Gasteiger partial charge on any atom is 0.220 e. The summed E-state index contributed by atoms with van der Waals surface area (Å²) < 4.78 is 11.2. The van der Waals surface area contributed by atoms with Crippen molar-refractivity contribution < 1.29 is 39.8 Å². The smallest absolute Gasteiger partial charge is 0.220 e. The fourth-order valence-corrected chi connectivity index (χ4v) is 6.59. The maximum absolute atomic E-state index is 12.9. The molecule has 1 aliphatic rings. The molecule has 9 nitrogen and oxygen atoms in total. The number of aliphatic hydroxyl groups excluding tert-OH is 5. The van der Waals surface area contributed by atoms with E-state index in [1.54, 1.807) is 0 Å². The Labute approximate surface area is 317 Å². The molecule has 0 bridgehead atoms. The van der Waals surface area contributed by atoms with Crippen LogP contribution in [0.3, 0.4) is 0 Å². The van der Waals surface area contributed by atoms with Crippen molar-refractivity contribution >= 4 is 5.91 Å². The normalized spacial score (nSPS) is 22.2. The van der Waals surface area contributed by atoms with Crippen LogP contribution in [0.15, 0.2) is 36.5 Å². The largest absolute Gasteiger partial charge is 0.394 e. The molecule has 52 heavy (non-hydrogen) atoms. The van der Waals surface area contributed by atoms with Gasteiger partial charge in [0.15, 0.2) is 6.29 Å². The van der Waals surface area contributed by atoms with E-state index in [9.17, 15) is 30.3 Å². The van der Waals surface area contributed by atoms with E-state index in [1.807, 2.05) is 0 Å². The van der Waals surface area contributed by atoms with Gasteiger partial charge in [-0.3, -0.25) is 4.79 Å². The van der Waals surface area contributed by atoms with Crippen LogP contribution in [0.5, 0.6) is 0 Å². The minimum Gasteiger partial charge on any atom is -0.394 e. The highest BCUT2D eigenvalue weighted by Crippen LogP contribution is 2.23. The summed E-state index contributed by atoms with van der Waals surface area (Å²) in [6, 6.07) is -0.726. The predicted molar refractivity (Wildman–Crippen MR) is 212 cm³/mol. The summed E-state index contributed by atoms with van der Waals surface area (Å²) in [5.41, 5.74) is 0. The van der Waals surface area contributed by atoms with Gasteiger partial charge in [0.2, 0.25) is 5.91 Å². The first-order valence-electron chi connectivity index (χ1n) is 21.2. The van der Waals surface area contributed by atoms with Gasteiger partial charge in [-0.1, -0.05) is 159 Å². The summed E-state index contributed by atoms with van der Waals surface area (Å²) >= 11 is 0. The Morgan fingerprint density at radius 2 is 1.19 bits per heavy atom. The van der Waals surface area contributed by atoms with E-state index in [-0.39, 0.29) is 12.5 Å². The second-order valence-corrected chi connectivity index (χ2v) is 14.8. The van der Waals surface area contributed by atoms with Gasteiger partial charge in [0, 0.05) is 6.42 Å². The van der Waals surface area contributed by atoms with Crippen LogP contribution in [0.1, 0.15) is 174 Å². The number of aliphatic hydroxyl groups is 5. The van der Waals surface area contributed by atoms with Crippen LogP contribution in [0, 0.1) is 0 Å². The third-order valence-electron chi connectivity index (χ3n) is 10.0. The lowest BCUT2D eigenvalue weighted by Gasteiger charge is -2.40. The molecule has 7 atom stereocenters. The van der Waals surface area contributed by atoms with Crippen LogP contribution in [-0.2, 0) is 14.3 Å². The van der Waals surface area contributed by atoms with Crippen molar-refractivity contribution in [3.8, 4) is 0 Å². The van der Waals surface area contributed by atoms with Gasteiger partial charge in [-0.15, -0.1) is 0 Å². The standard InChI is InChI=1S/C43H79NO8/c1-3-5-7-9-11-13-15-17-19-21-23-25-27-29-31-33-39(47)44-36(35-51-43-42(50)41(49)40(48)38(34-45)52-43)37(46)32-30-28-26-24-22-20-18-16-14-12-10-8-6-4-2/h5,7,11,13,17,19,36-38,40-43,45-46,48-50H,3-4,6,8-10,12,14-16,18,20-35H2,1-2H3,(H,44,47)/b7-5-,13-11-,19-17-. The van der Waals surface area contributed by atoms with Gasteiger partial charge in [-0.25, -0.2) is 0 Å². The number of carbonyl (C=O) groups excluding carboxylic acids is 1. The number of nitrogens with one attached hydrogen (secondary N) is 1. The van der Waals surface area contributed by atoms with Crippen molar-refractivity contribution in [3.63, 3.8) is 0 Å². The van der Waals surface area contributed by atoms with E-state index in [4.69, 9.17) is 9.47 Å². The number of carbonyl (C=O) groups is 1. The molecule has 9 heteroatoms. The molecule has 1 fully saturated rings. The minimum atomic E-state index is -1.56. The van der Waals surface area contributed by atoms with Crippen molar-refractivity contribution in [1.29, 1.82) is 0 Å². The Kier molecular flexibility index (Phi) is 31.6. The molecule has 0 saturated carbocycles. The van der Waals surface area contributed by atoms with Crippen LogP contribution in [0.2, 0.25) is 0 Å². The van der Waals surface area contributed by atoms with E-state index in [0.717, 1.165) is 77.0 Å². The number of hydrogen-bond acceptors (Lipinski definition) is 8. The molecule has 1 saturated heterocycles. The zero-order valence-electron chi connectivity index (χ0n) is 33.1. The molecule has 1 amide bonds. The molecule has 0 aromatic heterocycles. The van der Waals surface area contributed by atoms with Gasteiger partial charge in [-0.2, -0.15) is 0 Å². The number of rotatable bonds is 34. The van der Waals surface area contributed by atoms with Crippen LogP contribution >= 0.6 is 0 Å². The zero-order valence-corrected chi connectivity index (χ0v) is 33.1. The summed E-state index contributed by atoms with van der Waals surface area (Å²) in [7, 11) is 0. The Morgan fingerprint density at radius 3 is 1.77 bits per heavy atom. The fraction of sp³-hybridized carbons (Fsp3) is 0.837. The Bertz CT molecular complexity index is 910. The van der Waals surface area contributed by atoms with Gasteiger partial charge >= 0.3 is 0 Å². The molecule has 0 radical (unpaired) electrons. The maximum atomic E-state index is 12.9. The van der Waals surface area contributed by atoms with E-state index >= 15 is 0 Å². The summed E-state index contributed by atoms with van der Waals surface area (Å²) in [6.45, 7) is 3.69. The Balaban J connectivity index is 2.39. The van der Waals surface area contributed by atoms with Crippen molar-refractivity contribution in [2.24, 2.45) is 0 Å². The summed E-state index contributed by atoms with van der Waals surface area (Å²) in [5.74, 6) is -0.163. The monoisotopic (exact) mass is 738 g/mol. The lowest BCUT2D eigenvalue weighted by molar-refractivity contribution is -0.302.